The molecule has 1 fully saturated rings. The van der Waals surface area contributed by atoms with Gasteiger partial charge in [0, 0.05) is 36.1 Å². The van der Waals surface area contributed by atoms with Gasteiger partial charge < -0.3 is 15.4 Å². The minimum Gasteiger partial charge on any atom is -0.493 e. The van der Waals surface area contributed by atoms with E-state index in [1.165, 1.54) is 18.5 Å². The van der Waals surface area contributed by atoms with Crippen LogP contribution in [0.3, 0.4) is 0 Å². The number of anilines is 2. The molecule has 0 unspecified atom stereocenters. The zero-order valence-corrected chi connectivity index (χ0v) is 12.4. The summed E-state index contributed by atoms with van der Waals surface area (Å²) in [6.45, 7) is 8.46. The van der Waals surface area contributed by atoms with E-state index in [0.717, 1.165) is 31.0 Å². The highest BCUT2D eigenvalue weighted by atomic mass is 16.5. The lowest BCUT2D eigenvalue weighted by Gasteiger charge is -2.27. The molecule has 0 bridgehead atoms. The number of nitrogens with zero attached hydrogens (tertiary/aromatic N) is 1. The van der Waals surface area contributed by atoms with Gasteiger partial charge in [0.05, 0.1) is 6.61 Å². The van der Waals surface area contributed by atoms with Crippen LogP contribution in [0.1, 0.15) is 40.0 Å². The fourth-order valence-corrected chi connectivity index (χ4v) is 2.32. The first-order valence-electron chi connectivity index (χ1n) is 7.40. The molecule has 3 nitrogen and oxygen atoms in total. The predicted molar refractivity (Wildman–Crippen MR) is 81.8 cm³/mol. The first-order chi connectivity index (χ1) is 9.10. The van der Waals surface area contributed by atoms with Crippen LogP contribution in [-0.2, 0) is 0 Å². The summed E-state index contributed by atoms with van der Waals surface area (Å²) < 4.78 is 5.73. The van der Waals surface area contributed by atoms with Crippen LogP contribution in [0.2, 0.25) is 0 Å². The molecule has 1 aromatic rings. The van der Waals surface area contributed by atoms with Crippen molar-refractivity contribution in [3.63, 3.8) is 0 Å². The summed E-state index contributed by atoms with van der Waals surface area (Å²) in [5.41, 5.74) is 8.01. The molecule has 0 heterocycles. The minimum atomic E-state index is 0.655. The molecule has 19 heavy (non-hydrogen) atoms. The van der Waals surface area contributed by atoms with Crippen LogP contribution in [-0.4, -0.2) is 19.2 Å². The van der Waals surface area contributed by atoms with Crippen LogP contribution in [0.5, 0.6) is 5.75 Å². The van der Waals surface area contributed by atoms with E-state index in [2.05, 4.69) is 37.8 Å². The van der Waals surface area contributed by atoms with Crippen molar-refractivity contribution in [3.8, 4) is 5.75 Å². The summed E-state index contributed by atoms with van der Waals surface area (Å²) in [5, 5.41) is 0. The Balaban J connectivity index is 2.18. The van der Waals surface area contributed by atoms with E-state index in [4.69, 9.17) is 10.5 Å². The van der Waals surface area contributed by atoms with Crippen LogP contribution in [0.4, 0.5) is 11.4 Å². The highest BCUT2D eigenvalue weighted by Crippen LogP contribution is 2.35. The molecule has 0 atom stereocenters. The van der Waals surface area contributed by atoms with Crippen molar-refractivity contribution in [1.82, 2.24) is 0 Å². The van der Waals surface area contributed by atoms with Crippen molar-refractivity contribution in [2.75, 3.05) is 23.8 Å². The molecule has 0 aromatic heterocycles. The average Bonchev–Trinajstić information content (AvgIpc) is 3.16. The Morgan fingerprint density at radius 3 is 2.63 bits per heavy atom. The first-order valence-corrected chi connectivity index (χ1v) is 7.40. The SMILES string of the molecule is CCCOc1cc(N)cc(N(CC(C)C)C2CC2)c1. The minimum absolute atomic E-state index is 0.655. The standard InChI is InChI=1S/C16H26N2O/c1-4-7-19-16-9-13(17)8-15(10-16)18(11-12(2)3)14-5-6-14/h8-10,12,14H,4-7,11,17H2,1-3H3. The topological polar surface area (TPSA) is 38.5 Å². The van der Waals surface area contributed by atoms with E-state index in [0.29, 0.717) is 12.0 Å². The van der Waals surface area contributed by atoms with Gasteiger partial charge in [0.2, 0.25) is 0 Å². The molecular weight excluding hydrogens is 236 g/mol. The maximum Gasteiger partial charge on any atom is 0.123 e. The second-order valence-electron chi connectivity index (χ2n) is 5.89. The number of rotatable bonds is 7. The van der Waals surface area contributed by atoms with E-state index < -0.39 is 0 Å². The molecule has 1 aliphatic rings. The van der Waals surface area contributed by atoms with Gasteiger partial charge >= 0.3 is 0 Å². The van der Waals surface area contributed by atoms with Gasteiger partial charge in [-0.2, -0.15) is 0 Å². The molecule has 106 valence electrons. The van der Waals surface area contributed by atoms with Gasteiger partial charge in [-0.05, 0) is 31.2 Å². The molecule has 0 spiro atoms. The quantitative estimate of drug-likeness (QED) is 0.762. The van der Waals surface area contributed by atoms with Crippen molar-refractivity contribution < 1.29 is 4.74 Å². The highest BCUT2D eigenvalue weighted by molar-refractivity contribution is 5.61. The van der Waals surface area contributed by atoms with Gasteiger partial charge in [0.25, 0.3) is 0 Å². The third-order valence-corrected chi connectivity index (χ3v) is 3.27. The van der Waals surface area contributed by atoms with E-state index in [1.54, 1.807) is 0 Å². The molecule has 2 N–H and O–H groups in total. The van der Waals surface area contributed by atoms with Crippen LogP contribution >= 0.6 is 0 Å². The Hall–Kier alpha value is -1.38. The first kappa shape index (κ1) is 14.0. The average molecular weight is 262 g/mol. The summed E-state index contributed by atoms with van der Waals surface area (Å²) in [6, 6.07) is 6.81. The molecule has 2 rings (SSSR count). The molecule has 0 saturated heterocycles. The van der Waals surface area contributed by atoms with Crippen molar-refractivity contribution >= 4 is 11.4 Å². The molecule has 1 saturated carbocycles. The Labute approximate surface area is 116 Å². The zero-order chi connectivity index (χ0) is 13.8. The summed E-state index contributed by atoms with van der Waals surface area (Å²) in [7, 11) is 0. The third kappa shape index (κ3) is 4.05. The van der Waals surface area contributed by atoms with E-state index >= 15 is 0 Å². The van der Waals surface area contributed by atoms with Crippen molar-refractivity contribution in [3.05, 3.63) is 18.2 Å². The fourth-order valence-electron chi connectivity index (χ4n) is 2.32. The molecule has 3 heteroatoms. The molecule has 1 aliphatic carbocycles. The fraction of sp³-hybridized carbons (Fsp3) is 0.625. The van der Waals surface area contributed by atoms with Crippen LogP contribution in [0, 0.1) is 5.92 Å². The van der Waals surface area contributed by atoms with Gasteiger partial charge in [0.15, 0.2) is 0 Å². The Bertz CT molecular complexity index is 413. The largest absolute Gasteiger partial charge is 0.493 e. The highest BCUT2D eigenvalue weighted by Gasteiger charge is 2.29. The van der Waals surface area contributed by atoms with E-state index in [1.807, 2.05) is 6.07 Å². The second-order valence-corrected chi connectivity index (χ2v) is 5.89. The Kier molecular flexibility index (Phi) is 4.56. The van der Waals surface area contributed by atoms with Crippen molar-refractivity contribution in [1.29, 1.82) is 0 Å². The van der Waals surface area contributed by atoms with Gasteiger partial charge in [-0.25, -0.2) is 0 Å². The number of benzene rings is 1. The monoisotopic (exact) mass is 262 g/mol. The Morgan fingerprint density at radius 1 is 1.32 bits per heavy atom. The number of nitrogen functional groups attached to an aromatic ring is 1. The molecule has 0 aliphatic heterocycles. The summed E-state index contributed by atoms with van der Waals surface area (Å²) >= 11 is 0. The molecule has 1 aromatic carbocycles. The number of ether oxygens (including phenoxy) is 1. The van der Waals surface area contributed by atoms with Gasteiger partial charge in [-0.1, -0.05) is 20.8 Å². The van der Waals surface area contributed by atoms with E-state index in [9.17, 15) is 0 Å². The summed E-state index contributed by atoms with van der Waals surface area (Å²) in [4.78, 5) is 2.49. The van der Waals surface area contributed by atoms with Crippen LogP contribution in [0.15, 0.2) is 18.2 Å². The van der Waals surface area contributed by atoms with Crippen molar-refractivity contribution in [2.24, 2.45) is 5.92 Å². The third-order valence-electron chi connectivity index (χ3n) is 3.27. The number of nitrogens with two attached hydrogens (primary N) is 1. The smallest absolute Gasteiger partial charge is 0.123 e. The Morgan fingerprint density at radius 2 is 2.05 bits per heavy atom. The number of hydrogen-bond acceptors (Lipinski definition) is 3. The van der Waals surface area contributed by atoms with Gasteiger partial charge in [0.1, 0.15) is 5.75 Å². The maximum atomic E-state index is 6.01. The number of hydrogen-bond donors (Lipinski definition) is 1. The van der Waals surface area contributed by atoms with E-state index in [-0.39, 0.29) is 0 Å². The van der Waals surface area contributed by atoms with Gasteiger partial charge in [-0.15, -0.1) is 0 Å². The lowest BCUT2D eigenvalue weighted by Crippen LogP contribution is -2.29. The van der Waals surface area contributed by atoms with Gasteiger partial charge in [-0.3, -0.25) is 0 Å². The second kappa shape index (κ2) is 6.18. The summed E-state index contributed by atoms with van der Waals surface area (Å²) in [5.74, 6) is 1.55. The van der Waals surface area contributed by atoms with Crippen molar-refractivity contribution in [2.45, 2.75) is 46.1 Å². The van der Waals surface area contributed by atoms with Crippen LogP contribution in [0.25, 0.3) is 0 Å². The molecule has 0 amide bonds. The van der Waals surface area contributed by atoms with Crippen LogP contribution < -0.4 is 15.4 Å². The maximum absolute atomic E-state index is 6.01. The predicted octanol–water partition coefficient (Wildman–Crippen LogP) is 3.68. The lowest BCUT2D eigenvalue weighted by molar-refractivity contribution is 0.317. The zero-order valence-electron chi connectivity index (χ0n) is 12.4. The molecular formula is C16H26N2O. The molecule has 0 radical (unpaired) electrons. The summed E-state index contributed by atoms with van der Waals surface area (Å²) in [6.07, 6.45) is 3.61. The normalized spacial score (nSPS) is 14.7. The lowest BCUT2D eigenvalue weighted by atomic mass is 10.1.